The number of rotatable bonds is 2. The molecule has 53 heavy (non-hydrogen) atoms. The van der Waals surface area contributed by atoms with Crippen LogP contribution in [0.2, 0.25) is 0 Å². The monoisotopic (exact) mass is 741 g/mol. The van der Waals surface area contributed by atoms with Crippen molar-refractivity contribution in [3.63, 3.8) is 0 Å². The van der Waals surface area contributed by atoms with Gasteiger partial charge in [-0.1, -0.05) is 115 Å². The number of aryl methyl sites for hydroxylation is 1. The largest absolute Gasteiger partial charge is 1.00 e. The quantitative estimate of drug-likeness (QED) is 0.202. The Balaban J connectivity index is 0.000000266. The van der Waals surface area contributed by atoms with Gasteiger partial charge in [0.2, 0.25) is 0 Å². The van der Waals surface area contributed by atoms with E-state index in [9.17, 15) is 8.42 Å². The molecule has 2 aliphatic heterocycles. The summed E-state index contributed by atoms with van der Waals surface area (Å²) in [7, 11) is -3.62. The molecule has 0 fully saturated rings. The maximum atomic E-state index is 11.0. The second kappa shape index (κ2) is 13.9. The van der Waals surface area contributed by atoms with E-state index in [1.165, 1.54) is 12.1 Å². The van der Waals surface area contributed by atoms with Crippen LogP contribution in [0.3, 0.4) is 0 Å². The normalized spacial score (nSPS) is 11.7. The number of hydrogen-bond donors (Lipinski definition) is 2. The van der Waals surface area contributed by atoms with Crippen LogP contribution in [0.4, 0.5) is 0 Å². The van der Waals surface area contributed by atoms with Gasteiger partial charge < -0.3 is 14.2 Å². The van der Waals surface area contributed by atoms with Crippen molar-refractivity contribution in [1.29, 1.82) is 0 Å². The van der Waals surface area contributed by atoms with Gasteiger partial charge in [0.25, 0.3) is 0 Å². The second-order valence-corrected chi connectivity index (χ2v) is 14.1. The van der Waals surface area contributed by atoms with Crippen molar-refractivity contribution < 1.29 is 38.0 Å². The van der Waals surface area contributed by atoms with E-state index in [-0.39, 0.29) is 34.5 Å². The van der Waals surface area contributed by atoms with Crippen LogP contribution in [-0.2, 0) is 10.0 Å². The minimum atomic E-state index is -3.62. The van der Waals surface area contributed by atoms with Gasteiger partial charge in [-0.25, -0.2) is 38.3 Å². The summed E-state index contributed by atoms with van der Waals surface area (Å²) in [6, 6.07) is 38.6. The number of hydrogen-bond acceptors (Lipinski definition) is 8. The molecule has 11 nitrogen and oxygen atoms in total. The molecule has 0 spiro atoms. The molecule has 2 aliphatic rings. The predicted molar refractivity (Wildman–Crippen MR) is 204 cm³/mol. The zero-order chi connectivity index (χ0) is 35.4. The molecule has 0 saturated heterocycles. The number of halogens is 1. The number of fused-ring (bicyclic) bond motifs is 20. The van der Waals surface area contributed by atoms with Crippen molar-refractivity contribution in [2.75, 3.05) is 0 Å². The van der Waals surface area contributed by atoms with Crippen molar-refractivity contribution in [3.8, 4) is 45.6 Å². The summed E-state index contributed by atoms with van der Waals surface area (Å²) in [5.74, 6) is 2.39. The van der Waals surface area contributed by atoms with Crippen molar-refractivity contribution in [2.45, 2.75) is 11.8 Å². The SMILES string of the molecule is Cc1ccc(S(=O)(=O)[N-]Cl)cc1.[Na+].c1ccc2c(c1)-c1nc-2nc2[nH]c(nc3nc(nc4[nH]c(n1)c1ccccc41)-c1ccccc1-3)c1ccccc21. The Morgan fingerprint density at radius 3 is 1.08 bits per heavy atom. The maximum Gasteiger partial charge on any atom is 1.00 e. The standard InChI is InChI=1S/C32H18N8.C7H7ClNO2S.Na/c1-2-10-18-17(9-1)25-33-26(18)38-28-21-13-5-6-14-22(21)30(35-28)40-32-24-16-8-7-15-23(24)31(36-32)39-29-20-12-4-3-11-19(20)27(34-29)37-25;1-6-2-4-7(5-3-6)12(10,11)9-8;/h1-16H,(H2,33,34,35,36,37,38,39,40);2-5H,1H3;/q;-1;+1. The first kappa shape index (κ1) is 34.7. The molecule has 252 valence electrons. The predicted octanol–water partition coefficient (Wildman–Crippen LogP) is 6.08. The van der Waals surface area contributed by atoms with E-state index >= 15 is 0 Å². The van der Waals surface area contributed by atoms with Crippen LogP contribution < -0.4 is 29.6 Å². The average molecular weight is 742 g/mol. The first-order valence-corrected chi connectivity index (χ1v) is 18.0. The van der Waals surface area contributed by atoms with Gasteiger partial charge >= 0.3 is 29.6 Å². The maximum absolute atomic E-state index is 11.0. The Kier molecular flexibility index (Phi) is 9.11. The first-order chi connectivity index (χ1) is 25.4. The number of aromatic nitrogens is 8. The third kappa shape index (κ3) is 6.29. The zero-order valence-corrected chi connectivity index (χ0v) is 31.9. The zero-order valence-electron chi connectivity index (χ0n) is 28.3. The van der Waals surface area contributed by atoms with E-state index in [4.69, 9.17) is 41.7 Å². The Bertz CT molecular complexity index is 2680. The number of nitrogens with one attached hydrogen (secondary N) is 2. The Morgan fingerprint density at radius 2 is 0.774 bits per heavy atom. The third-order valence-corrected chi connectivity index (χ3v) is 10.5. The van der Waals surface area contributed by atoms with Crippen LogP contribution in [0.5, 0.6) is 0 Å². The van der Waals surface area contributed by atoms with Gasteiger partial charge in [0, 0.05) is 48.7 Å². The minimum Gasteiger partial charge on any atom is -0.458 e. The molecule has 10 rings (SSSR count). The smallest absolute Gasteiger partial charge is 0.458 e. The van der Waals surface area contributed by atoms with Gasteiger partial charge in [0.15, 0.2) is 23.3 Å². The van der Waals surface area contributed by atoms with Gasteiger partial charge in [-0.15, -0.1) is 0 Å². The van der Waals surface area contributed by atoms with Crippen LogP contribution in [0.25, 0.3) is 93.9 Å². The second-order valence-electron chi connectivity index (χ2n) is 12.1. The van der Waals surface area contributed by atoms with Gasteiger partial charge in [-0.2, -0.15) is 0 Å². The molecule has 5 heterocycles. The van der Waals surface area contributed by atoms with E-state index in [2.05, 4.69) is 14.2 Å². The molecule has 2 N–H and O–H groups in total. The molecular weight excluding hydrogens is 717 g/mol. The molecule has 14 heteroatoms. The number of sulfonamides is 1. The summed E-state index contributed by atoms with van der Waals surface area (Å²) < 4.78 is 24.8. The number of H-pyrrole nitrogens is 2. The summed E-state index contributed by atoms with van der Waals surface area (Å²) in [5.41, 5.74) is 7.44. The van der Waals surface area contributed by atoms with E-state index in [1.54, 1.807) is 12.1 Å². The number of benzene rings is 5. The van der Waals surface area contributed by atoms with E-state index in [0.717, 1.165) is 49.4 Å². The molecule has 8 bridgehead atoms. The summed E-state index contributed by atoms with van der Waals surface area (Å²) in [4.78, 5) is 36.9. The molecule has 0 amide bonds. The van der Waals surface area contributed by atoms with Crippen LogP contribution >= 0.6 is 11.8 Å². The van der Waals surface area contributed by atoms with Crippen LogP contribution in [0, 0.1) is 6.92 Å². The Labute approximate surface area is 330 Å². The third-order valence-electron chi connectivity index (χ3n) is 8.87. The molecule has 3 aromatic heterocycles. The summed E-state index contributed by atoms with van der Waals surface area (Å²) in [6.45, 7) is 1.87. The summed E-state index contributed by atoms with van der Waals surface area (Å²) in [6.07, 6.45) is 0. The van der Waals surface area contributed by atoms with Crippen molar-refractivity contribution in [1.82, 2.24) is 39.9 Å². The average Bonchev–Trinajstić information content (AvgIpc) is 3.91. The fourth-order valence-corrected chi connectivity index (χ4v) is 7.14. The first-order valence-electron chi connectivity index (χ1n) is 16.2. The van der Waals surface area contributed by atoms with Crippen LogP contribution in [-0.4, -0.2) is 48.3 Å². The molecule has 5 aromatic carbocycles. The number of aromatic amines is 2. The fourth-order valence-electron chi connectivity index (χ4n) is 6.34. The Morgan fingerprint density at radius 1 is 0.472 bits per heavy atom. The van der Waals surface area contributed by atoms with Gasteiger partial charge in [0.05, 0.1) is 0 Å². The molecule has 0 saturated carbocycles. The molecule has 0 atom stereocenters. The van der Waals surface area contributed by atoms with Crippen LogP contribution in [0.1, 0.15) is 5.56 Å². The van der Waals surface area contributed by atoms with E-state index in [1.807, 2.05) is 104 Å². The van der Waals surface area contributed by atoms with Gasteiger partial charge in [-0.3, -0.25) is 11.8 Å². The summed E-state index contributed by atoms with van der Waals surface area (Å²) in [5, 5.41) is 3.82. The molecule has 0 radical (unpaired) electrons. The van der Waals surface area contributed by atoms with Crippen molar-refractivity contribution >= 4 is 65.9 Å². The van der Waals surface area contributed by atoms with E-state index < -0.39 is 10.0 Å². The molecular formula is C39H25ClN9NaO2S. The molecule has 0 unspecified atom stereocenters. The topological polar surface area (TPSA) is 157 Å². The van der Waals surface area contributed by atoms with Crippen molar-refractivity contribution in [3.05, 3.63) is 131 Å². The Hall–Kier alpha value is -5.34. The van der Waals surface area contributed by atoms with Gasteiger partial charge in [-0.05, 0) is 19.1 Å². The number of nitrogens with zero attached hydrogens (tertiary/aromatic N) is 7. The minimum absolute atomic E-state index is 0. The van der Waals surface area contributed by atoms with Gasteiger partial charge in [0.1, 0.15) is 32.6 Å². The van der Waals surface area contributed by atoms with Crippen molar-refractivity contribution in [2.24, 2.45) is 0 Å². The van der Waals surface area contributed by atoms with Crippen LogP contribution in [0.15, 0.2) is 126 Å². The summed E-state index contributed by atoms with van der Waals surface area (Å²) >= 11 is 4.90. The van der Waals surface area contributed by atoms with E-state index in [0.29, 0.717) is 45.9 Å². The fraction of sp³-hybridized carbons (Fsp3) is 0.0256. The molecule has 0 aliphatic carbocycles. The molecule has 8 aromatic rings.